The molecule has 1 aliphatic heterocycles. The number of nitrogens with one attached hydrogen (secondary N) is 1. The van der Waals surface area contributed by atoms with E-state index in [0.717, 1.165) is 21.6 Å². The maximum Gasteiger partial charge on any atom is 0.335 e. The second-order valence-electron chi connectivity index (χ2n) is 9.76. The Hall–Kier alpha value is -3.70. The van der Waals surface area contributed by atoms with Crippen LogP contribution in [-0.2, 0) is 25.7 Å². The van der Waals surface area contributed by atoms with Crippen LogP contribution in [0.1, 0.15) is 71.5 Å². The van der Waals surface area contributed by atoms with Gasteiger partial charge in [0, 0.05) is 41.2 Å². The Kier molecular flexibility index (Phi) is 10.9. The molecule has 0 aromatic heterocycles. The third-order valence-electron chi connectivity index (χ3n) is 6.66. The maximum atomic E-state index is 12.2. The van der Waals surface area contributed by atoms with E-state index in [9.17, 15) is 19.5 Å². The average Bonchev–Trinajstić information content (AvgIpc) is 2.98. The summed E-state index contributed by atoms with van der Waals surface area (Å²) in [6.45, 7) is -0.0390. The molecule has 4 rings (SSSR count). The normalized spacial score (nSPS) is 18.5. The first-order valence-corrected chi connectivity index (χ1v) is 14.4. The molecule has 0 bridgehead atoms. The molecular formula is C31H33NO8S. The zero-order valence-corrected chi connectivity index (χ0v) is 23.2. The molecule has 4 N–H and O–H groups in total. The number of anilines is 1. The number of rotatable bonds is 13. The van der Waals surface area contributed by atoms with Crippen LogP contribution in [0.25, 0.3) is 0 Å². The van der Waals surface area contributed by atoms with E-state index >= 15 is 0 Å². The van der Waals surface area contributed by atoms with Crippen molar-refractivity contribution in [1.82, 2.24) is 0 Å². The monoisotopic (exact) mass is 579 g/mol. The van der Waals surface area contributed by atoms with Gasteiger partial charge in [0.1, 0.15) is 0 Å². The summed E-state index contributed by atoms with van der Waals surface area (Å²) in [6, 6.07) is 21.6. The number of carbonyl (C=O) groups excluding carboxylic acids is 1. The van der Waals surface area contributed by atoms with Gasteiger partial charge in [0.15, 0.2) is 6.29 Å². The molecule has 3 unspecified atom stereocenters. The van der Waals surface area contributed by atoms with Gasteiger partial charge < -0.3 is 30.1 Å². The molecule has 10 heteroatoms. The molecule has 0 spiro atoms. The lowest BCUT2D eigenvalue weighted by atomic mass is 10.0. The number of carboxylic acid groups (broad SMARTS) is 2. The zero-order chi connectivity index (χ0) is 29.2. The Labute approximate surface area is 242 Å². The number of hydrogen-bond acceptors (Lipinski definition) is 7. The number of carbonyl (C=O) groups is 3. The Balaban J connectivity index is 1.42. The quantitative estimate of drug-likeness (QED) is 0.146. The Morgan fingerprint density at radius 2 is 1.49 bits per heavy atom. The summed E-state index contributed by atoms with van der Waals surface area (Å²) in [5.41, 5.74) is 3.45. The minimum atomic E-state index is -0.964. The number of thioether (sulfide) groups is 1. The molecule has 0 saturated carbocycles. The van der Waals surface area contributed by atoms with E-state index < -0.39 is 18.2 Å². The molecule has 1 aliphatic rings. The van der Waals surface area contributed by atoms with Crippen LogP contribution in [0.2, 0.25) is 0 Å². The SMILES string of the molecule is O=C(O)CCCCC(=O)Nc1ccc(C2OC(CSc3ccc(C(=O)O)cc3)CC(c3ccc(CO)cc3)O2)cc1. The molecule has 3 atom stereocenters. The van der Waals surface area contributed by atoms with Gasteiger partial charge in [-0.2, -0.15) is 0 Å². The predicted molar refractivity (Wildman–Crippen MR) is 154 cm³/mol. The summed E-state index contributed by atoms with van der Waals surface area (Å²) in [6.07, 6.45) is 0.819. The number of benzene rings is 3. The van der Waals surface area contributed by atoms with Crippen molar-refractivity contribution >= 4 is 35.3 Å². The molecule has 1 heterocycles. The summed E-state index contributed by atoms with van der Waals surface area (Å²) >= 11 is 1.58. The van der Waals surface area contributed by atoms with Gasteiger partial charge in [-0.15, -0.1) is 11.8 Å². The number of ether oxygens (including phenoxy) is 2. The zero-order valence-electron chi connectivity index (χ0n) is 22.4. The molecular weight excluding hydrogens is 546 g/mol. The average molecular weight is 580 g/mol. The van der Waals surface area contributed by atoms with Crippen molar-refractivity contribution in [2.45, 2.75) is 62.1 Å². The second kappa shape index (κ2) is 14.8. The van der Waals surface area contributed by atoms with E-state index in [0.29, 0.717) is 30.7 Å². The Bertz CT molecular complexity index is 1310. The van der Waals surface area contributed by atoms with Gasteiger partial charge in [0.2, 0.25) is 5.91 Å². The van der Waals surface area contributed by atoms with Crippen LogP contribution in [0.4, 0.5) is 5.69 Å². The topological polar surface area (TPSA) is 142 Å². The first-order chi connectivity index (χ1) is 19.8. The molecule has 3 aromatic carbocycles. The lowest BCUT2D eigenvalue weighted by Crippen LogP contribution is -2.31. The second-order valence-corrected chi connectivity index (χ2v) is 10.9. The first-order valence-electron chi connectivity index (χ1n) is 13.4. The van der Waals surface area contributed by atoms with Crippen molar-refractivity contribution in [1.29, 1.82) is 0 Å². The Morgan fingerprint density at radius 3 is 2.12 bits per heavy atom. The van der Waals surface area contributed by atoms with Crippen LogP contribution in [0.5, 0.6) is 0 Å². The number of amides is 1. The highest BCUT2D eigenvalue weighted by atomic mass is 32.2. The standard InChI is InChI=1S/C31H33NO8S/c33-18-20-5-7-21(8-6-20)27-17-25(19-41-26-15-11-22(12-16-26)30(37)38)39-31(40-27)23-9-13-24(14-10-23)32-28(34)3-1-2-4-29(35)36/h5-16,25,27,31,33H,1-4,17-19H2,(H,32,34)(H,35,36)(H,37,38). The van der Waals surface area contributed by atoms with Gasteiger partial charge in [-0.3, -0.25) is 9.59 Å². The number of hydrogen-bond donors (Lipinski definition) is 4. The van der Waals surface area contributed by atoms with Crippen LogP contribution in [0.15, 0.2) is 77.7 Å². The first kappa shape index (κ1) is 30.3. The highest BCUT2D eigenvalue weighted by Gasteiger charge is 2.32. The van der Waals surface area contributed by atoms with Crippen molar-refractivity contribution < 1.29 is 39.2 Å². The molecule has 9 nitrogen and oxygen atoms in total. The van der Waals surface area contributed by atoms with Gasteiger partial charge in [0.25, 0.3) is 0 Å². The third-order valence-corrected chi connectivity index (χ3v) is 7.81. The smallest absolute Gasteiger partial charge is 0.335 e. The van der Waals surface area contributed by atoms with E-state index in [2.05, 4.69) is 5.32 Å². The molecule has 1 amide bonds. The molecule has 1 saturated heterocycles. The fourth-order valence-electron chi connectivity index (χ4n) is 4.41. The highest BCUT2D eigenvalue weighted by molar-refractivity contribution is 7.99. The molecule has 1 fully saturated rings. The minimum Gasteiger partial charge on any atom is -0.481 e. The predicted octanol–water partition coefficient (Wildman–Crippen LogP) is 5.80. The van der Waals surface area contributed by atoms with Crippen molar-refractivity contribution in [3.63, 3.8) is 0 Å². The molecule has 0 aliphatic carbocycles. The summed E-state index contributed by atoms with van der Waals surface area (Å²) in [7, 11) is 0. The van der Waals surface area contributed by atoms with Crippen molar-refractivity contribution in [3.8, 4) is 0 Å². The minimum absolute atomic E-state index is 0.0390. The van der Waals surface area contributed by atoms with Crippen LogP contribution in [0, 0.1) is 0 Å². The van der Waals surface area contributed by atoms with Crippen molar-refractivity contribution in [3.05, 3.63) is 95.1 Å². The summed E-state index contributed by atoms with van der Waals surface area (Å²) < 4.78 is 12.7. The fourth-order valence-corrected chi connectivity index (χ4v) is 5.34. The van der Waals surface area contributed by atoms with Gasteiger partial charge in [-0.1, -0.05) is 36.4 Å². The van der Waals surface area contributed by atoms with Crippen molar-refractivity contribution in [2.75, 3.05) is 11.1 Å². The molecule has 41 heavy (non-hydrogen) atoms. The van der Waals surface area contributed by atoms with Crippen LogP contribution < -0.4 is 5.32 Å². The fraction of sp³-hybridized carbons (Fsp3) is 0.323. The van der Waals surface area contributed by atoms with Crippen LogP contribution in [0.3, 0.4) is 0 Å². The number of aliphatic hydroxyl groups excluding tert-OH is 1. The van der Waals surface area contributed by atoms with E-state index in [1.54, 1.807) is 48.2 Å². The third kappa shape index (κ3) is 9.15. The number of aliphatic carboxylic acids is 1. The summed E-state index contributed by atoms with van der Waals surface area (Å²) in [5, 5.41) is 30.1. The van der Waals surface area contributed by atoms with E-state index in [-0.39, 0.29) is 43.1 Å². The van der Waals surface area contributed by atoms with Crippen LogP contribution in [-0.4, -0.2) is 45.0 Å². The summed E-state index contributed by atoms with van der Waals surface area (Å²) in [5.74, 6) is -1.37. The molecule has 3 aromatic rings. The van der Waals surface area contributed by atoms with E-state index in [1.165, 1.54) is 0 Å². The van der Waals surface area contributed by atoms with E-state index in [4.69, 9.17) is 19.7 Å². The number of carboxylic acids is 2. The largest absolute Gasteiger partial charge is 0.481 e. The van der Waals surface area contributed by atoms with Crippen LogP contribution >= 0.6 is 11.8 Å². The lowest BCUT2D eigenvalue weighted by molar-refractivity contribution is -0.245. The van der Waals surface area contributed by atoms with Gasteiger partial charge in [-0.25, -0.2) is 4.79 Å². The van der Waals surface area contributed by atoms with Crippen molar-refractivity contribution in [2.24, 2.45) is 0 Å². The lowest BCUT2D eigenvalue weighted by Gasteiger charge is -2.36. The molecule has 216 valence electrons. The van der Waals surface area contributed by atoms with Gasteiger partial charge >= 0.3 is 11.9 Å². The number of aromatic carboxylic acids is 1. The maximum absolute atomic E-state index is 12.2. The molecule has 0 radical (unpaired) electrons. The van der Waals surface area contributed by atoms with E-state index in [1.807, 2.05) is 36.4 Å². The Morgan fingerprint density at radius 1 is 0.829 bits per heavy atom. The summed E-state index contributed by atoms with van der Waals surface area (Å²) in [4.78, 5) is 34.9. The van der Waals surface area contributed by atoms with Gasteiger partial charge in [0.05, 0.1) is 24.4 Å². The van der Waals surface area contributed by atoms with Gasteiger partial charge in [-0.05, 0) is 60.4 Å². The number of aliphatic hydroxyl groups is 1. The number of unbranched alkanes of at least 4 members (excludes halogenated alkanes) is 1. The highest BCUT2D eigenvalue weighted by Crippen LogP contribution is 2.39.